The molecule has 3 rings (SSSR count). The maximum atomic E-state index is 14.9. The number of rotatable bonds is 8. The van der Waals surface area contributed by atoms with Gasteiger partial charge in [0, 0.05) is 35.2 Å². The number of aromatic nitrogens is 2. The molecule has 2 aromatic heterocycles. The summed E-state index contributed by atoms with van der Waals surface area (Å²) >= 11 is 1.27. The van der Waals surface area contributed by atoms with Crippen LogP contribution in [0.2, 0.25) is 0 Å². The van der Waals surface area contributed by atoms with Gasteiger partial charge in [0.05, 0.1) is 18.4 Å². The molecule has 0 amide bonds. The highest BCUT2D eigenvalue weighted by molar-refractivity contribution is 8.00. The topological polar surface area (TPSA) is 84.1 Å². The van der Waals surface area contributed by atoms with Crippen molar-refractivity contribution in [1.29, 1.82) is 0 Å². The number of hydrogen-bond donors (Lipinski definition) is 2. The van der Waals surface area contributed by atoms with E-state index in [1.165, 1.54) is 49.7 Å². The van der Waals surface area contributed by atoms with Gasteiger partial charge in [-0.15, -0.1) is 0 Å². The number of pyridine rings is 1. The molecule has 1 aromatic carbocycles. The van der Waals surface area contributed by atoms with Gasteiger partial charge < -0.3 is 14.4 Å². The van der Waals surface area contributed by atoms with Crippen molar-refractivity contribution in [3.63, 3.8) is 0 Å². The Kier molecular flexibility index (Phi) is 6.83. The van der Waals surface area contributed by atoms with E-state index in [1.807, 2.05) is 6.92 Å². The summed E-state index contributed by atoms with van der Waals surface area (Å²) in [4.78, 5) is 31.3. The lowest BCUT2D eigenvalue weighted by molar-refractivity contribution is -0.134. The van der Waals surface area contributed by atoms with Gasteiger partial charge in [0.25, 0.3) is 0 Å². The third-order valence-electron chi connectivity index (χ3n) is 4.22. The van der Waals surface area contributed by atoms with E-state index in [2.05, 4.69) is 19.4 Å². The van der Waals surface area contributed by atoms with Gasteiger partial charge in [-0.05, 0) is 36.3 Å². The predicted molar refractivity (Wildman–Crippen MR) is 113 cm³/mol. The first kappa shape index (κ1) is 21.5. The van der Waals surface area contributed by atoms with E-state index in [0.29, 0.717) is 16.6 Å². The van der Waals surface area contributed by atoms with Crippen LogP contribution in [0.25, 0.3) is 17.1 Å². The first-order valence-electron chi connectivity index (χ1n) is 9.10. The number of methoxy groups -OCH3 is 1. The Balaban J connectivity index is 1.99. The number of anilines is 1. The number of hydrogen-bond acceptors (Lipinski definition) is 6. The van der Waals surface area contributed by atoms with Gasteiger partial charge >= 0.3 is 5.97 Å². The Morgan fingerprint density at radius 2 is 2.13 bits per heavy atom. The average molecular weight is 431 g/mol. The highest BCUT2D eigenvalue weighted by atomic mass is 32.2. The zero-order valence-corrected chi connectivity index (χ0v) is 17.1. The standard InChI is InChI=1S/C21H19F2N3O3S/c1-3-8-30-26-16-6-5-15(22)18(19(16)23)20(28)14-11-25-21-13(14)9-12(10-24-21)4-7-17(27)29-2/h4-7,9-11,26H,3,8H2,1-2H3,(H,24,25). The molecule has 6 nitrogen and oxygen atoms in total. The van der Waals surface area contributed by atoms with Gasteiger partial charge in [-0.2, -0.15) is 0 Å². The molecule has 0 saturated carbocycles. The summed E-state index contributed by atoms with van der Waals surface area (Å²) < 4.78 is 36.7. The van der Waals surface area contributed by atoms with Crippen molar-refractivity contribution in [3.8, 4) is 0 Å². The number of nitrogens with zero attached hydrogens (tertiary/aromatic N) is 1. The zero-order chi connectivity index (χ0) is 21.7. The lowest BCUT2D eigenvalue weighted by Gasteiger charge is -2.10. The number of carbonyl (C=O) groups excluding carboxylic acids is 2. The molecule has 0 aliphatic heterocycles. The third-order valence-corrected chi connectivity index (χ3v) is 5.19. The molecule has 0 bridgehead atoms. The van der Waals surface area contributed by atoms with E-state index in [4.69, 9.17) is 0 Å². The maximum absolute atomic E-state index is 14.9. The van der Waals surface area contributed by atoms with Gasteiger partial charge in [-0.3, -0.25) is 4.79 Å². The SMILES string of the molecule is CCCSNc1ccc(F)c(C(=O)c2c[nH]c3ncc(C=CC(=O)OC)cc23)c1F. The Morgan fingerprint density at radius 1 is 1.33 bits per heavy atom. The fourth-order valence-electron chi connectivity index (χ4n) is 2.74. The van der Waals surface area contributed by atoms with E-state index in [-0.39, 0.29) is 11.3 Å². The number of ketones is 1. The summed E-state index contributed by atoms with van der Waals surface area (Å²) in [7, 11) is 1.25. The molecule has 9 heteroatoms. The summed E-state index contributed by atoms with van der Waals surface area (Å²) in [6, 6.07) is 3.92. The molecule has 0 spiro atoms. The fourth-order valence-corrected chi connectivity index (χ4v) is 3.36. The quantitative estimate of drug-likeness (QED) is 0.176. The van der Waals surface area contributed by atoms with E-state index >= 15 is 0 Å². The smallest absolute Gasteiger partial charge is 0.330 e. The molecule has 0 fully saturated rings. The van der Waals surface area contributed by atoms with Crippen LogP contribution in [0.5, 0.6) is 0 Å². The summed E-state index contributed by atoms with van der Waals surface area (Å²) in [6.45, 7) is 1.98. The van der Waals surface area contributed by atoms with Crippen LogP contribution in [-0.4, -0.2) is 34.6 Å². The molecule has 0 aliphatic carbocycles. The van der Waals surface area contributed by atoms with Gasteiger partial charge in [0.1, 0.15) is 11.5 Å². The second-order valence-electron chi connectivity index (χ2n) is 6.29. The second-order valence-corrected chi connectivity index (χ2v) is 7.19. The number of ether oxygens (including phenoxy) is 1. The number of esters is 1. The Morgan fingerprint density at radius 3 is 2.87 bits per heavy atom. The molecule has 156 valence electrons. The van der Waals surface area contributed by atoms with Crippen LogP contribution in [0.1, 0.15) is 34.8 Å². The molecule has 0 radical (unpaired) electrons. The van der Waals surface area contributed by atoms with Crippen molar-refractivity contribution in [2.75, 3.05) is 17.6 Å². The Bertz CT molecular complexity index is 1130. The van der Waals surface area contributed by atoms with Crippen LogP contribution >= 0.6 is 11.9 Å². The first-order chi connectivity index (χ1) is 14.5. The van der Waals surface area contributed by atoms with Crippen LogP contribution in [0, 0.1) is 11.6 Å². The molecule has 3 aromatic rings. The lowest BCUT2D eigenvalue weighted by Crippen LogP contribution is -2.09. The zero-order valence-electron chi connectivity index (χ0n) is 16.3. The fraction of sp³-hybridized carbons (Fsp3) is 0.190. The van der Waals surface area contributed by atoms with Crippen LogP contribution in [0.4, 0.5) is 14.5 Å². The number of aromatic amines is 1. The first-order valence-corrected chi connectivity index (χ1v) is 10.1. The number of fused-ring (bicyclic) bond motifs is 1. The molecule has 0 atom stereocenters. The molecule has 0 saturated heterocycles. The molecular weight excluding hydrogens is 412 g/mol. The van der Waals surface area contributed by atoms with E-state index in [0.717, 1.165) is 18.2 Å². The average Bonchev–Trinajstić information content (AvgIpc) is 3.17. The normalized spacial score (nSPS) is 11.2. The Labute approximate surface area is 175 Å². The molecule has 2 N–H and O–H groups in total. The molecule has 0 unspecified atom stereocenters. The molecule has 2 heterocycles. The molecule has 0 aliphatic rings. The predicted octanol–water partition coefficient (Wildman–Crippen LogP) is 4.73. The van der Waals surface area contributed by atoms with Crippen molar-refractivity contribution in [2.24, 2.45) is 0 Å². The highest BCUT2D eigenvalue weighted by Crippen LogP contribution is 2.28. The van der Waals surface area contributed by atoms with Gasteiger partial charge in [-0.1, -0.05) is 18.9 Å². The number of H-pyrrole nitrogens is 1. The van der Waals surface area contributed by atoms with Crippen molar-refractivity contribution in [3.05, 3.63) is 65.0 Å². The summed E-state index contributed by atoms with van der Waals surface area (Å²) in [5.74, 6) is -2.53. The van der Waals surface area contributed by atoms with E-state index in [1.54, 1.807) is 6.07 Å². The van der Waals surface area contributed by atoms with E-state index in [9.17, 15) is 18.4 Å². The minimum atomic E-state index is -0.951. The molecular formula is C21H19F2N3O3S. The highest BCUT2D eigenvalue weighted by Gasteiger charge is 2.24. The summed E-state index contributed by atoms with van der Waals surface area (Å²) in [6.07, 6.45) is 6.40. The Hall–Kier alpha value is -3.20. The second kappa shape index (κ2) is 9.53. The number of benzene rings is 1. The van der Waals surface area contributed by atoms with E-state index < -0.39 is 29.0 Å². The largest absolute Gasteiger partial charge is 0.466 e. The summed E-state index contributed by atoms with van der Waals surface area (Å²) in [5.41, 5.74) is 0.365. The number of carbonyl (C=O) groups is 2. The van der Waals surface area contributed by atoms with Gasteiger partial charge in [0.2, 0.25) is 5.78 Å². The maximum Gasteiger partial charge on any atom is 0.330 e. The summed E-state index contributed by atoms with van der Waals surface area (Å²) in [5, 5.41) is 0.379. The third kappa shape index (κ3) is 4.51. The van der Waals surface area contributed by atoms with Crippen LogP contribution in [0.3, 0.4) is 0 Å². The van der Waals surface area contributed by atoms with Gasteiger partial charge in [0.15, 0.2) is 5.82 Å². The van der Waals surface area contributed by atoms with Gasteiger partial charge in [-0.25, -0.2) is 18.6 Å². The minimum absolute atomic E-state index is 0.0397. The number of halogens is 2. The van der Waals surface area contributed by atoms with Crippen LogP contribution in [0.15, 0.2) is 36.7 Å². The monoisotopic (exact) mass is 431 g/mol. The lowest BCUT2D eigenvalue weighted by atomic mass is 10.0. The van der Waals surface area contributed by atoms with Crippen molar-refractivity contribution >= 4 is 46.5 Å². The van der Waals surface area contributed by atoms with Crippen molar-refractivity contribution < 1.29 is 23.1 Å². The molecule has 30 heavy (non-hydrogen) atoms. The minimum Gasteiger partial charge on any atom is -0.466 e. The van der Waals surface area contributed by atoms with Crippen molar-refractivity contribution in [1.82, 2.24) is 9.97 Å². The number of nitrogens with one attached hydrogen (secondary N) is 2. The van der Waals surface area contributed by atoms with Crippen LogP contribution < -0.4 is 4.72 Å². The van der Waals surface area contributed by atoms with Crippen molar-refractivity contribution in [2.45, 2.75) is 13.3 Å². The van der Waals surface area contributed by atoms with Crippen LogP contribution in [-0.2, 0) is 9.53 Å².